The zero-order valence-electron chi connectivity index (χ0n) is 98.5. The van der Waals surface area contributed by atoms with Crippen LogP contribution in [-0.4, -0.2) is 207 Å². The van der Waals surface area contributed by atoms with Crippen LogP contribution in [0, 0.1) is 75.4 Å². The average molecular weight is 1970 g/mol. The summed E-state index contributed by atoms with van der Waals surface area (Å²) in [4.78, 5) is 99.9. The molecule has 0 aromatic rings. The molecule has 0 rings (SSSR count). The largest absolute Gasteiger partial charge is 0.508 e. The zero-order chi connectivity index (χ0) is 109. The van der Waals surface area contributed by atoms with E-state index in [0.29, 0.717) is 134 Å². The minimum Gasteiger partial charge on any atom is -0.465 e. The third-order valence-corrected chi connectivity index (χ3v) is 16.8. The van der Waals surface area contributed by atoms with E-state index in [0.717, 1.165) is 141 Å². The van der Waals surface area contributed by atoms with Crippen molar-refractivity contribution in [2.24, 2.45) is 75.4 Å². The van der Waals surface area contributed by atoms with Crippen LogP contribution in [0.3, 0.4) is 0 Å². The lowest BCUT2D eigenvalue weighted by atomic mass is 9.90. The minimum atomic E-state index is -0.561. The molecule has 0 aliphatic carbocycles. The Kier molecular flexibility index (Phi) is 114. The van der Waals surface area contributed by atoms with E-state index in [9.17, 15) is 43.2 Å². The molecular formula is C111H231N5O21. The number of ketones is 1. The van der Waals surface area contributed by atoms with Gasteiger partial charge in [-0.2, -0.15) is 0 Å². The van der Waals surface area contributed by atoms with E-state index >= 15 is 0 Å². The Labute approximate surface area is 846 Å². The topological polar surface area (TPSA) is 325 Å². The molecular weight excluding hydrogens is 1740 g/mol. The third-order valence-electron chi connectivity index (χ3n) is 16.8. The Morgan fingerprint density at radius 3 is 1.05 bits per heavy atom. The van der Waals surface area contributed by atoms with Gasteiger partial charge in [-0.3, -0.25) is 24.0 Å². The normalized spacial score (nSPS) is 11.5. The van der Waals surface area contributed by atoms with Crippen molar-refractivity contribution in [3.05, 3.63) is 0 Å². The van der Waals surface area contributed by atoms with Gasteiger partial charge in [0.05, 0.1) is 76.2 Å². The second-order valence-corrected chi connectivity index (χ2v) is 45.7. The van der Waals surface area contributed by atoms with Gasteiger partial charge in [-0.1, -0.05) is 262 Å². The summed E-state index contributed by atoms with van der Waals surface area (Å²) in [5.41, 5.74) is 0.902. The summed E-state index contributed by atoms with van der Waals surface area (Å²) in [6.07, 6.45) is 14.4. The lowest BCUT2D eigenvalue weighted by Crippen LogP contribution is -2.32. The molecule has 0 saturated heterocycles. The molecule has 26 nitrogen and oxygen atoms in total. The quantitative estimate of drug-likeness (QED) is 0.0215. The van der Waals surface area contributed by atoms with Crippen molar-refractivity contribution < 1.29 is 100.0 Å². The number of ether oxygens (including phenoxy) is 12. The highest BCUT2D eigenvalue weighted by Gasteiger charge is 2.18. The monoisotopic (exact) mass is 1970 g/mol. The lowest BCUT2D eigenvalue weighted by Gasteiger charge is -2.17. The number of amides is 1. The second-order valence-electron chi connectivity index (χ2n) is 45.7. The highest BCUT2D eigenvalue weighted by molar-refractivity contribution is 5.79. The lowest BCUT2D eigenvalue weighted by molar-refractivity contribution is -0.161. The van der Waals surface area contributed by atoms with Crippen molar-refractivity contribution in [2.75, 3.05) is 92.2 Å². The molecule has 0 spiro atoms. The molecule has 0 bridgehead atoms. The molecule has 0 heterocycles. The summed E-state index contributed by atoms with van der Waals surface area (Å²) in [6, 6.07) is 2.10. The molecule has 1 amide bonds. The Balaban J connectivity index is -0.000000142. The van der Waals surface area contributed by atoms with Gasteiger partial charge in [-0.05, 0) is 230 Å². The number of Topliss-reactive ketones (excluding diaryl/α,β-unsaturated/α-hetero) is 1. The van der Waals surface area contributed by atoms with E-state index in [1.54, 1.807) is 41.5 Å². The number of hydrogen-bond donors (Lipinski definition) is 5. The second kappa shape index (κ2) is 101. The molecule has 826 valence electrons. The fourth-order valence-electron chi connectivity index (χ4n) is 10.2. The predicted octanol–water partition coefficient (Wildman–Crippen LogP) is 26.4. The van der Waals surface area contributed by atoms with E-state index in [-0.39, 0.29) is 84.9 Å². The van der Waals surface area contributed by atoms with Gasteiger partial charge in [0.25, 0.3) is 0 Å². The minimum absolute atomic E-state index is 0.0172. The van der Waals surface area contributed by atoms with E-state index in [4.69, 9.17) is 56.8 Å². The maximum atomic E-state index is 11.5. The highest BCUT2D eigenvalue weighted by Crippen LogP contribution is 2.24. The molecule has 0 radical (unpaired) electrons. The van der Waals surface area contributed by atoms with Crippen molar-refractivity contribution in [1.29, 1.82) is 0 Å². The summed E-state index contributed by atoms with van der Waals surface area (Å²) in [6.45, 7) is 108. The molecule has 0 aromatic carbocycles. The summed E-state index contributed by atoms with van der Waals surface area (Å²) in [5.74, 6) is 4.92. The maximum absolute atomic E-state index is 11.5. The summed E-state index contributed by atoms with van der Waals surface area (Å²) < 4.78 is 59.8. The SMILES string of the molecule is CC(C)CCC(=O)OCC(C)C.CC(C)CCCC(=O)CC(C)C.CC(C)CCCOC(=O)OC(C)C.CC(C)CNC(=O)C(C)CC(C)C.CC(C)CNC(C)C.CC(C)COCCNC(C)C.CC(C)NCC(=O)OC(C)C.CC(C)NCCOC(C)C.CC(C)OC(=O)COC(=O)CCCC(C)(C)C.CC(C)OC(=O)COCCCCC(C)(C)C.CC(C)OC(=O)OCCCC(C)(C)C. The third kappa shape index (κ3) is 180. The molecule has 0 aliphatic heterocycles. The molecule has 137 heavy (non-hydrogen) atoms. The molecule has 1 unspecified atom stereocenters. The number of nitrogens with one attached hydrogen (secondary N) is 5. The first-order valence-electron chi connectivity index (χ1n) is 52.8. The van der Waals surface area contributed by atoms with Gasteiger partial charge in [-0.15, -0.1) is 0 Å². The molecule has 0 aliphatic rings. The Bertz CT molecular complexity index is 2670. The van der Waals surface area contributed by atoms with E-state index in [2.05, 4.69) is 255 Å². The van der Waals surface area contributed by atoms with Crippen molar-refractivity contribution in [3.63, 3.8) is 0 Å². The van der Waals surface area contributed by atoms with Gasteiger partial charge in [0, 0.05) is 88.6 Å². The number of unbranched alkanes of at least 4 members (excludes halogenated alkanes) is 1. The summed E-state index contributed by atoms with van der Waals surface area (Å²) in [5, 5.41) is 15.8. The van der Waals surface area contributed by atoms with Crippen LogP contribution in [0.1, 0.15) is 441 Å². The highest BCUT2D eigenvalue weighted by atomic mass is 16.7. The van der Waals surface area contributed by atoms with E-state index in [1.807, 2.05) is 62.3 Å². The molecule has 0 saturated carbocycles. The molecule has 1 atom stereocenters. The first-order valence-corrected chi connectivity index (χ1v) is 52.8. The Hall–Kier alpha value is -5.25. The fraction of sp³-hybridized carbons (Fsp3) is 0.919. The van der Waals surface area contributed by atoms with E-state index in [1.165, 1.54) is 12.8 Å². The van der Waals surface area contributed by atoms with Gasteiger partial charge in [0.2, 0.25) is 5.91 Å². The van der Waals surface area contributed by atoms with Crippen molar-refractivity contribution in [1.82, 2.24) is 26.6 Å². The van der Waals surface area contributed by atoms with Crippen LogP contribution < -0.4 is 26.6 Å². The maximum Gasteiger partial charge on any atom is 0.508 e. The number of carbonyl (C=O) groups is 9. The first-order chi connectivity index (χ1) is 62.7. The average Bonchev–Trinajstić information content (AvgIpc) is 0.957. The fourth-order valence-corrected chi connectivity index (χ4v) is 10.2. The Morgan fingerprint density at radius 1 is 0.277 bits per heavy atom. The molecule has 0 fully saturated rings. The standard InChI is InChI=1S/C13H24O4.C13H26O3.C11H23NO.C11H22O3.C11H22O.C10H20O3.C10H20O2.C9H21NO.C8H17NO2.C8H19NO.C7H17N/c1-10(2)17-12(15)9-16-11(14)7-6-8-13(3,4)5;1-11(2)16-12(14)10-15-9-7-6-8-13(3,4)5;1-8(2)6-10(5)11(13)12-7-9(3)4;1-9(2)14-10(12)13-8-6-7-11(3,4)5;1-9(2)6-5-7-11(12)8-10(3)4;1-8(2)6-5-7-12-10(11)13-9(3)4;1-8(2)5-6-10(11)12-7-9(3)4;1-8(2)7-11-6-5-10-9(3)4;1-6(2)9-5-8(10)11-7(3)4;1-7(2)9-5-6-10-8(3)4;1-6(2)5-8-7(3)4/h10H,6-9H2,1-5H3;11H,6-10H2,1-5H3;8-10H,6-7H2,1-5H3,(H,12,13);9H,6-8H2,1-5H3;9-10H,5-8H2,1-4H3;8-9H,5-7H2,1-4H3;8-9H,5-7H2,1-4H3;8-10H,5-7H2,1-4H3;6-7,9H,5H2,1-4H3;7-9H,5-6H2,1-4H3;6-8H,5H2,1-4H3. The van der Waals surface area contributed by atoms with Crippen LogP contribution in [0.5, 0.6) is 0 Å². The summed E-state index contributed by atoms with van der Waals surface area (Å²) >= 11 is 0. The molecule has 0 aromatic heterocycles. The van der Waals surface area contributed by atoms with Crippen molar-refractivity contribution in [2.45, 2.75) is 502 Å². The van der Waals surface area contributed by atoms with Crippen LogP contribution in [0.2, 0.25) is 0 Å². The number of esters is 5. The van der Waals surface area contributed by atoms with Gasteiger partial charge in [0.15, 0.2) is 6.61 Å². The van der Waals surface area contributed by atoms with Gasteiger partial charge < -0.3 is 83.4 Å². The summed E-state index contributed by atoms with van der Waals surface area (Å²) in [7, 11) is 0. The predicted molar refractivity (Wildman–Crippen MR) is 574 cm³/mol. The van der Waals surface area contributed by atoms with Gasteiger partial charge >= 0.3 is 42.2 Å². The molecule has 5 N–H and O–H groups in total. The molecule has 26 heteroatoms. The van der Waals surface area contributed by atoms with Gasteiger partial charge in [0.1, 0.15) is 12.4 Å². The number of carbonyl (C=O) groups excluding carboxylic acids is 9. The number of hydrogen-bond acceptors (Lipinski definition) is 25. The zero-order valence-corrected chi connectivity index (χ0v) is 98.5. The van der Waals surface area contributed by atoms with Crippen molar-refractivity contribution >= 4 is 53.8 Å². The number of rotatable bonds is 56. The van der Waals surface area contributed by atoms with Crippen LogP contribution in [0.4, 0.5) is 9.59 Å². The first kappa shape index (κ1) is 154. The van der Waals surface area contributed by atoms with Crippen LogP contribution in [-0.2, 0) is 90.4 Å². The van der Waals surface area contributed by atoms with E-state index < -0.39 is 18.3 Å². The van der Waals surface area contributed by atoms with Crippen LogP contribution in [0.25, 0.3) is 0 Å². The van der Waals surface area contributed by atoms with Crippen LogP contribution >= 0.6 is 0 Å². The van der Waals surface area contributed by atoms with Crippen molar-refractivity contribution in [3.8, 4) is 0 Å². The van der Waals surface area contributed by atoms with Crippen LogP contribution in [0.15, 0.2) is 0 Å². The Morgan fingerprint density at radius 2 is 0.672 bits per heavy atom. The smallest absolute Gasteiger partial charge is 0.465 e. The van der Waals surface area contributed by atoms with Gasteiger partial charge in [-0.25, -0.2) is 19.2 Å².